The van der Waals surface area contributed by atoms with Gasteiger partial charge >= 0.3 is 0 Å². The lowest BCUT2D eigenvalue weighted by molar-refractivity contribution is 0.0953. The van der Waals surface area contributed by atoms with Crippen molar-refractivity contribution in [1.82, 2.24) is 15.3 Å². The summed E-state index contributed by atoms with van der Waals surface area (Å²) < 4.78 is 0. The highest BCUT2D eigenvalue weighted by atomic mass is 35.5. The van der Waals surface area contributed by atoms with E-state index in [0.717, 1.165) is 29.9 Å². The van der Waals surface area contributed by atoms with Crippen molar-refractivity contribution >= 4 is 29.1 Å². The van der Waals surface area contributed by atoms with Crippen LogP contribution in [-0.2, 0) is 0 Å². The van der Waals surface area contributed by atoms with Crippen LogP contribution in [0.4, 0.5) is 11.6 Å². The van der Waals surface area contributed by atoms with Crippen molar-refractivity contribution in [3.8, 4) is 11.3 Å². The topological polar surface area (TPSA) is 66.9 Å². The Balaban J connectivity index is 1.30. The maximum Gasteiger partial charge on any atom is 0.251 e. The second-order valence-electron chi connectivity index (χ2n) is 9.62. The fourth-order valence-electron chi connectivity index (χ4n) is 4.30. The monoisotopic (exact) mass is 520 g/mol. The maximum absolute atomic E-state index is 12.5. The number of aromatic nitrogens is 2. The summed E-state index contributed by atoms with van der Waals surface area (Å²) in [6.07, 6.45) is 17.5. The summed E-state index contributed by atoms with van der Waals surface area (Å²) in [6.45, 7) is 2.99. The molecule has 0 saturated heterocycles. The Morgan fingerprint density at radius 2 is 1.35 bits per heavy atom. The molecule has 6 heteroatoms. The zero-order valence-corrected chi connectivity index (χ0v) is 22.9. The summed E-state index contributed by atoms with van der Waals surface area (Å²) in [5.41, 5.74) is 3.25. The number of nitrogens with zero attached hydrogens (tertiary/aromatic N) is 2. The molecule has 0 aliphatic rings. The third-order valence-corrected chi connectivity index (χ3v) is 6.77. The Morgan fingerprint density at radius 1 is 0.757 bits per heavy atom. The highest BCUT2D eigenvalue weighted by Gasteiger charge is 2.07. The molecule has 3 rings (SSSR count). The Bertz CT molecular complexity index is 1050. The molecule has 0 bridgehead atoms. The van der Waals surface area contributed by atoms with E-state index in [1.165, 1.54) is 70.6 Å². The van der Waals surface area contributed by atoms with E-state index in [9.17, 15) is 4.79 Å². The summed E-state index contributed by atoms with van der Waals surface area (Å²) >= 11 is 5.98. The average molecular weight is 521 g/mol. The predicted molar refractivity (Wildman–Crippen MR) is 156 cm³/mol. The lowest BCUT2D eigenvalue weighted by Crippen LogP contribution is -2.24. The first-order valence-corrected chi connectivity index (χ1v) is 14.3. The number of amides is 1. The molecular weight excluding hydrogens is 480 g/mol. The zero-order chi connectivity index (χ0) is 26.1. The van der Waals surface area contributed by atoms with E-state index in [1.54, 1.807) is 6.20 Å². The molecule has 2 N–H and O–H groups in total. The van der Waals surface area contributed by atoms with E-state index in [-0.39, 0.29) is 5.91 Å². The number of anilines is 2. The first kappa shape index (κ1) is 28.6. The number of hydrogen-bond donors (Lipinski definition) is 2. The van der Waals surface area contributed by atoms with Crippen LogP contribution in [-0.4, -0.2) is 22.4 Å². The quantitative estimate of drug-likeness (QED) is 0.174. The molecule has 5 nitrogen and oxygen atoms in total. The molecule has 37 heavy (non-hydrogen) atoms. The lowest BCUT2D eigenvalue weighted by Gasteiger charge is -2.09. The van der Waals surface area contributed by atoms with Gasteiger partial charge in [0.05, 0.1) is 5.69 Å². The van der Waals surface area contributed by atoms with Gasteiger partial charge in [-0.25, -0.2) is 9.97 Å². The van der Waals surface area contributed by atoms with E-state index in [4.69, 9.17) is 11.6 Å². The minimum atomic E-state index is -0.0318. The van der Waals surface area contributed by atoms with Crippen LogP contribution in [0.15, 0.2) is 60.8 Å². The fraction of sp³-hybridized carbons (Fsp3) is 0.452. The van der Waals surface area contributed by atoms with E-state index >= 15 is 0 Å². The summed E-state index contributed by atoms with van der Waals surface area (Å²) in [6, 6.07) is 16.8. The van der Waals surface area contributed by atoms with Crippen molar-refractivity contribution in [2.75, 3.05) is 11.9 Å². The number of carbonyl (C=O) groups is 1. The van der Waals surface area contributed by atoms with E-state index in [2.05, 4.69) is 27.5 Å². The van der Waals surface area contributed by atoms with Gasteiger partial charge in [-0.1, -0.05) is 101 Å². The molecule has 0 fully saturated rings. The molecule has 0 spiro atoms. The van der Waals surface area contributed by atoms with Crippen LogP contribution in [0.2, 0.25) is 5.02 Å². The number of halogens is 1. The van der Waals surface area contributed by atoms with Crippen LogP contribution in [0.3, 0.4) is 0 Å². The number of benzene rings is 2. The van der Waals surface area contributed by atoms with Gasteiger partial charge in [0.15, 0.2) is 0 Å². The number of rotatable bonds is 17. The molecule has 0 aliphatic heterocycles. The Morgan fingerprint density at radius 3 is 1.97 bits per heavy atom. The molecule has 0 unspecified atom stereocenters. The SMILES string of the molecule is CCCCCCCCCCCCCCNC(=O)c1ccc(Nc2nccc(-c3ccc(Cl)cc3)n2)cc1. The molecule has 198 valence electrons. The average Bonchev–Trinajstić information content (AvgIpc) is 2.92. The van der Waals surface area contributed by atoms with E-state index < -0.39 is 0 Å². The third-order valence-electron chi connectivity index (χ3n) is 6.51. The maximum atomic E-state index is 12.5. The molecular formula is C31H41ClN4O. The van der Waals surface area contributed by atoms with Crippen LogP contribution < -0.4 is 10.6 Å². The molecule has 2 aromatic carbocycles. The second-order valence-corrected chi connectivity index (χ2v) is 10.1. The van der Waals surface area contributed by atoms with Crippen molar-refractivity contribution in [2.24, 2.45) is 0 Å². The van der Waals surface area contributed by atoms with Crippen molar-refractivity contribution in [3.63, 3.8) is 0 Å². The van der Waals surface area contributed by atoms with Gasteiger partial charge in [0, 0.05) is 34.6 Å². The zero-order valence-electron chi connectivity index (χ0n) is 22.1. The number of unbranched alkanes of at least 4 members (excludes halogenated alkanes) is 11. The van der Waals surface area contributed by atoms with Gasteiger partial charge in [-0.15, -0.1) is 0 Å². The lowest BCUT2D eigenvalue weighted by atomic mass is 10.1. The molecule has 0 saturated carbocycles. The highest BCUT2D eigenvalue weighted by molar-refractivity contribution is 6.30. The number of hydrogen-bond acceptors (Lipinski definition) is 4. The van der Waals surface area contributed by atoms with Crippen LogP contribution in [0.25, 0.3) is 11.3 Å². The van der Waals surface area contributed by atoms with Gasteiger partial charge in [0.25, 0.3) is 5.91 Å². The number of nitrogens with one attached hydrogen (secondary N) is 2. The Kier molecular flexibility index (Phi) is 13.0. The third kappa shape index (κ3) is 10.9. The van der Waals surface area contributed by atoms with Gasteiger partial charge in [-0.2, -0.15) is 0 Å². The van der Waals surface area contributed by atoms with Crippen molar-refractivity contribution in [1.29, 1.82) is 0 Å². The molecule has 0 aliphatic carbocycles. The smallest absolute Gasteiger partial charge is 0.251 e. The van der Waals surface area contributed by atoms with Crippen LogP contribution in [0.5, 0.6) is 0 Å². The molecule has 0 radical (unpaired) electrons. The predicted octanol–water partition coefficient (Wildman–Crippen LogP) is 8.97. The fourth-order valence-corrected chi connectivity index (χ4v) is 4.43. The van der Waals surface area contributed by atoms with Gasteiger partial charge < -0.3 is 10.6 Å². The first-order chi connectivity index (χ1) is 18.2. The summed E-state index contributed by atoms with van der Waals surface area (Å²) in [5.74, 6) is 0.465. The van der Waals surface area contributed by atoms with Crippen LogP contribution in [0, 0.1) is 0 Å². The Hall–Kier alpha value is -2.92. The highest BCUT2D eigenvalue weighted by Crippen LogP contribution is 2.21. The van der Waals surface area contributed by atoms with Crippen LogP contribution in [0.1, 0.15) is 94.3 Å². The largest absolute Gasteiger partial charge is 0.352 e. The summed E-state index contributed by atoms with van der Waals surface area (Å²) in [5, 5.41) is 6.94. The summed E-state index contributed by atoms with van der Waals surface area (Å²) in [4.78, 5) is 21.4. The molecule has 1 amide bonds. The van der Waals surface area contributed by atoms with Crippen LogP contribution >= 0.6 is 11.6 Å². The van der Waals surface area contributed by atoms with Gasteiger partial charge in [0.2, 0.25) is 5.95 Å². The van der Waals surface area contributed by atoms with Gasteiger partial charge in [-0.05, 0) is 48.9 Å². The molecule has 1 aromatic heterocycles. The standard InChI is InChI=1S/C31H41ClN4O/c1-2-3-4-5-6-7-8-9-10-11-12-13-23-33-30(37)26-16-20-28(21-17-26)35-31-34-24-22-29(36-31)25-14-18-27(32)19-15-25/h14-22,24H,2-13,23H2,1H3,(H,33,37)(H,34,35,36). The van der Waals surface area contributed by atoms with Gasteiger partial charge in [0.1, 0.15) is 0 Å². The van der Waals surface area contributed by atoms with Gasteiger partial charge in [-0.3, -0.25) is 4.79 Å². The molecule has 0 atom stereocenters. The summed E-state index contributed by atoms with van der Waals surface area (Å²) in [7, 11) is 0. The van der Waals surface area contributed by atoms with Crippen molar-refractivity contribution < 1.29 is 4.79 Å². The minimum absolute atomic E-state index is 0.0318. The Labute approximate surface area is 227 Å². The molecule has 1 heterocycles. The molecule has 3 aromatic rings. The second kappa shape index (κ2) is 16.8. The van der Waals surface area contributed by atoms with Crippen molar-refractivity contribution in [3.05, 3.63) is 71.4 Å². The van der Waals surface area contributed by atoms with E-state index in [1.807, 2.05) is 54.6 Å². The van der Waals surface area contributed by atoms with Crippen molar-refractivity contribution in [2.45, 2.75) is 84.0 Å². The van der Waals surface area contributed by atoms with E-state index in [0.29, 0.717) is 16.5 Å². The first-order valence-electron chi connectivity index (χ1n) is 13.9. The number of carbonyl (C=O) groups excluding carboxylic acids is 1. The normalized spacial score (nSPS) is 10.9. The minimum Gasteiger partial charge on any atom is -0.352 e.